The lowest BCUT2D eigenvalue weighted by atomic mass is 10.4. The lowest BCUT2D eigenvalue weighted by Gasteiger charge is -2.04. The van der Waals surface area contributed by atoms with E-state index in [9.17, 15) is 0 Å². The molecule has 0 saturated carbocycles. The van der Waals surface area contributed by atoms with Crippen LogP contribution < -0.4 is 10.1 Å². The van der Waals surface area contributed by atoms with Gasteiger partial charge in [-0.3, -0.25) is 4.40 Å². The smallest absolute Gasteiger partial charge is 0.237 e. The zero-order valence-electron chi connectivity index (χ0n) is 8.86. The third kappa shape index (κ3) is 2.28. The molecule has 2 heterocycles. The molecular weight excluding hydrogens is 290 g/mol. The molecule has 0 atom stereocenters. The highest BCUT2D eigenvalue weighted by Gasteiger charge is 2.12. The second-order valence-corrected chi connectivity index (χ2v) is 5.24. The molecule has 0 aliphatic carbocycles. The maximum atomic E-state index is 5.25. The van der Waals surface area contributed by atoms with Gasteiger partial charge in [-0.05, 0) is 0 Å². The summed E-state index contributed by atoms with van der Waals surface area (Å²) in [5.41, 5.74) is 1.03. The molecule has 2 aromatic heterocycles. The van der Waals surface area contributed by atoms with Crippen molar-refractivity contribution >= 4 is 32.2 Å². The number of nitrogens with one attached hydrogen (secondary N) is 1. The van der Waals surface area contributed by atoms with Crippen molar-refractivity contribution in [3.63, 3.8) is 0 Å². The van der Waals surface area contributed by atoms with Crippen LogP contribution in [-0.4, -0.2) is 23.0 Å². The van der Waals surface area contributed by atoms with Crippen molar-refractivity contribution in [1.29, 1.82) is 0 Å². The Hall–Kier alpha value is -0.850. The van der Waals surface area contributed by atoms with E-state index in [0.717, 1.165) is 21.7 Å². The summed E-state index contributed by atoms with van der Waals surface area (Å²) in [7, 11) is 1.64. The molecule has 0 bridgehead atoms. The number of halogens is 1. The molecule has 16 heavy (non-hydrogen) atoms. The Morgan fingerprint density at radius 1 is 1.75 bits per heavy atom. The van der Waals surface area contributed by atoms with Crippen LogP contribution in [0.3, 0.4) is 0 Å². The largest absolute Gasteiger partial charge is 0.480 e. The summed E-state index contributed by atoms with van der Waals surface area (Å²) in [6, 6.07) is 0. The molecular formula is C10H12BrN3OS. The molecule has 0 aliphatic rings. The van der Waals surface area contributed by atoms with Gasteiger partial charge in [0.05, 0.1) is 7.11 Å². The molecule has 0 aromatic carbocycles. The Kier molecular flexibility index (Phi) is 3.63. The molecule has 0 radical (unpaired) electrons. The first-order valence-electron chi connectivity index (χ1n) is 4.74. The first-order valence-corrected chi connectivity index (χ1v) is 6.42. The minimum atomic E-state index is 0.680. The van der Waals surface area contributed by atoms with Gasteiger partial charge in [-0.1, -0.05) is 22.5 Å². The van der Waals surface area contributed by atoms with Crippen LogP contribution in [0.4, 0.5) is 0 Å². The molecule has 86 valence electrons. The van der Waals surface area contributed by atoms with Crippen LogP contribution in [0.25, 0.3) is 4.96 Å². The average Bonchev–Trinajstić information content (AvgIpc) is 2.79. The summed E-state index contributed by atoms with van der Waals surface area (Å²) >= 11 is 4.90. The third-order valence-electron chi connectivity index (χ3n) is 2.13. The van der Waals surface area contributed by atoms with Crippen LogP contribution in [0.5, 0.6) is 5.88 Å². The normalized spacial score (nSPS) is 10.9. The molecule has 4 nitrogen and oxygen atoms in total. The molecule has 0 saturated heterocycles. The summed E-state index contributed by atoms with van der Waals surface area (Å²) in [6.07, 6.45) is 2.00. The minimum Gasteiger partial charge on any atom is -0.480 e. The highest BCUT2D eigenvalue weighted by Crippen LogP contribution is 2.22. The van der Waals surface area contributed by atoms with E-state index in [2.05, 4.69) is 32.8 Å². The van der Waals surface area contributed by atoms with E-state index in [1.165, 1.54) is 0 Å². The molecule has 2 rings (SSSR count). The van der Waals surface area contributed by atoms with Crippen LogP contribution in [0.15, 0.2) is 22.6 Å². The van der Waals surface area contributed by atoms with E-state index in [4.69, 9.17) is 4.74 Å². The first-order chi connectivity index (χ1) is 7.72. The Bertz CT molecular complexity index is 505. The monoisotopic (exact) mass is 301 g/mol. The summed E-state index contributed by atoms with van der Waals surface area (Å²) in [5.74, 6) is 0.680. The topological polar surface area (TPSA) is 38.6 Å². The maximum Gasteiger partial charge on any atom is 0.237 e. The average molecular weight is 302 g/mol. The number of imidazole rings is 1. The van der Waals surface area contributed by atoms with Crippen LogP contribution in [0.1, 0.15) is 5.69 Å². The van der Waals surface area contributed by atoms with Gasteiger partial charge < -0.3 is 10.1 Å². The van der Waals surface area contributed by atoms with Crippen molar-refractivity contribution in [3.05, 3.63) is 28.3 Å². The second-order valence-electron chi connectivity index (χ2n) is 3.24. The fourth-order valence-corrected chi connectivity index (χ4v) is 2.38. The van der Waals surface area contributed by atoms with E-state index in [1.807, 2.05) is 16.0 Å². The Labute approximate surface area is 106 Å². The highest BCUT2D eigenvalue weighted by atomic mass is 79.9. The van der Waals surface area contributed by atoms with Gasteiger partial charge in [-0.15, -0.1) is 11.3 Å². The molecule has 1 N–H and O–H groups in total. The fourth-order valence-electron chi connectivity index (χ4n) is 1.45. The van der Waals surface area contributed by atoms with Crippen LogP contribution >= 0.6 is 27.3 Å². The number of rotatable bonds is 5. The molecule has 0 unspecified atom stereocenters. The molecule has 0 fully saturated rings. The van der Waals surface area contributed by atoms with Crippen LogP contribution in [0, 0.1) is 0 Å². The predicted molar refractivity (Wildman–Crippen MR) is 69.4 cm³/mol. The third-order valence-corrected chi connectivity index (χ3v) is 3.16. The van der Waals surface area contributed by atoms with Gasteiger partial charge in [-0.25, -0.2) is 0 Å². The van der Waals surface area contributed by atoms with Crippen molar-refractivity contribution < 1.29 is 4.74 Å². The van der Waals surface area contributed by atoms with E-state index < -0.39 is 0 Å². The number of aromatic nitrogens is 2. The fraction of sp³-hybridized carbons (Fsp3) is 0.300. The van der Waals surface area contributed by atoms with Crippen molar-refractivity contribution in [1.82, 2.24) is 14.7 Å². The predicted octanol–water partition coefficient (Wildman–Crippen LogP) is 2.40. The number of hydrogen-bond acceptors (Lipinski definition) is 4. The highest BCUT2D eigenvalue weighted by molar-refractivity contribution is 9.11. The van der Waals surface area contributed by atoms with Gasteiger partial charge >= 0.3 is 0 Å². The zero-order chi connectivity index (χ0) is 11.5. The second kappa shape index (κ2) is 4.99. The van der Waals surface area contributed by atoms with Crippen molar-refractivity contribution in [3.8, 4) is 5.88 Å². The standard InChI is InChI=1S/C10H12BrN3OS/c1-7(11)5-12-6-8-9(15-2)13-10-14(8)3-4-16-10/h3-4,12H,1,5-6H2,2H3. The number of thiazole rings is 1. The van der Waals surface area contributed by atoms with Crippen LogP contribution in [0.2, 0.25) is 0 Å². The number of nitrogens with zero attached hydrogens (tertiary/aromatic N) is 2. The van der Waals surface area contributed by atoms with E-state index in [1.54, 1.807) is 18.4 Å². The van der Waals surface area contributed by atoms with Gasteiger partial charge in [0.2, 0.25) is 5.88 Å². The van der Waals surface area contributed by atoms with Crippen molar-refractivity contribution in [2.45, 2.75) is 6.54 Å². The number of ether oxygens (including phenoxy) is 1. The van der Waals surface area contributed by atoms with Crippen molar-refractivity contribution in [2.24, 2.45) is 0 Å². The molecule has 0 amide bonds. The first kappa shape index (κ1) is 11.6. The van der Waals surface area contributed by atoms with E-state index in [-0.39, 0.29) is 0 Å². The maximum absolute atomic E-state index is 5.25. The quantitative estimate of drug-likeness (QED) is 0.922. The Balaban J connectivity index is 2.19. The van der Waals surface area contributed by atoms with Crippen LogP contribution in [-0.2, 0) is 6.54 Å². The lowest BCUT2D eigenvalue weighted by molar-refractivity contribution is 0.393. The number of hydrogen-bond donors (Lipinski definition) is 1. The number of methoxy groups -OCH3 is 1. The molecule has 0 aliphatic heterocycles. The molecule has 6 heteroatoms. The minimum absolute atomic E-state index is 0.680. The summed E-state index contributed by atoms with van der Waals surface area (Å²) in [5, 5.41) is 5.27. The number of fused-ring (bicyclic) bond motifs is 1. The van der Waals surface area contributed by atoms with Gasteiger partial charge in [0.15, 0.2) is 4.96 Å². The van der Waals surface area contributed by atoms with Gasteiger partial charge in [0, 0.05) is 29.1 Å². The van der Waals surface area contributed by atoms with Crippen molar-refractivity contribution in [2.75, 3.05) is 13.7 Å². The SMILES string of the molecule is C=C(Br)CNCc1c(OC)nc2sccn12. The summed E-state index contributed by atoms with van der Waals surface area (Å²) in [6.45, 7) is 5.19. The summed E-state index contributed by atoms with van der Waals surface area (Å²) in [4.78, 5) is 5.32. The molecule has 2 aromatic rings. The zero-order valence-corrected chi connectivity index (χ0v) is 11.3. The van der Waals surface area contributed by atoms with E-state index in [0.29, 0.717) is 12.4 Å². The van der Waals surface area contributed by atoms with Gasteiger partial charge in [-0.2, -0.15) is 4.98 Å². The lowest BCUT2D eigenvalue weighted by Crippen LogP contribution is -2.16. The molecule has 0 spiro atoms. The van der Waals surface area contributed by atoms with Gasteiger partial charge in [0.1, 0.15) is 5.69 Å². The van der Waals surface area contributed by atoms with E-state index >= 15 is 0 Å². The Morgan fingerprint density at radius 3 is 3.25 bits per heavy atom. The Morgan fingerprint density at radius 2 is 2.56 bits per heavy atom. The van der Waals surface area contributed by atoms with Gasteiger partial charge in [0.25, 0.3) is 0 Å². The summed E-state index contributed by atoms with van der Waals surface area (Å²) < 4.78 is 8.21.